The van der Waals surface area contributed by atoms with Crippen LogP contribution < -0.4 is 5.32 Å². The topological polar surface area (TPSA) is 55.1 Å². The first-order valence-corrected chi connectivity index (χ1v) is 7.82. The van der Waals surface area contributed by atoms with Crippen molar-refractivity contribution >= 4 is 17.2 Å². The van der Waals surface area contributed by atoms with E-state index < -0.39 is 0 Å². The molecule has 5 nitrogen and oxygen atoms in total. The van der Waals surface area contributed by atoms with Crippen LogP contribution in [0.5, 0.6) is 0 Å². The second kappa shape index (κ2) is 5.66. The molecular formula is C16H16ClN5. The molecule has 0 saturated carbocycles. The lowest BCUT2D eigenvalue weighted by atomic mass is 10.0. The fourth-order valence-electron chi connectivity index (χ4n) is 2.92. The highest BCUT2D eigenvalue weighted by Gasteiger charge is 2.16. The Hall–Kier alpha value is -1.98. The maximum absolute atomic E-state index is 6.06. The van der Waals surface area contributed by atoms with E-state index in [4.69, 9.17) is 11.6 Å². The fraction of sp³-hybridized carbons (Fsp3) is 0.312. The molecule has 0 spiro atoms. The number of hydrogen-bond donors (Lipinski definition) is 1. The van der Waals surface area contributed by atoms with Gasteiger partial charge in [0.05, 0.1) is 28.8 Å². The second-order valence-corrected chi connectivity index (χ2v) is 6.11. The molecule has 1 aliphatic rings. The highest BCUT2D eigenvalue weighted by Crippen LogP contribution is 2.21. The van der Waals surface area contributed by atoms with Crippen LogP contribution in [-0.4, -0.2) is 32.4 Å². The van der Waals surface area contributed by atoms with Gasteiger partial charge in [-0.2, -0.15) is 0 Å². The third-order valence-corrected chi connectivity index (χ3v) is 4.32. The van der Waals surface area contributed by atoms with Gasteiger partial charge < -0.3 is 5.32 Å². The van der Waals surface area contributed by atoms with Crippen LogP contribution in [0, 0.1) is 5.92 Å². The minimum Gasteiger partial charge on any atom is -0.316 e. The smallest absolute Gasteiger partial charge is 0.137 e. The molecule has 1 atom stereocenters. The number of hydrogen-bond acceptors (Lipinski definition) is 4. The van der Waals surface area contributed by atoms with Crippen LogP contribution in [0.25, 0.3) is 17.0 Å². The molecule has 0 amide bonds. The van der Waals surface area contributed by atoms with Crippen LogP contribution >= 0.6 is 11.6 Å². The number of nitrogens with zero attached hydrogens (tertiary/aromatic N) is 4. The van der Waals surface area contributed by atoms with Gasteiger partial charge >= 0.3 is 0 Å². The maximum Gasteiger partial charge on any atom is 0.137 e. The van der Waals surface area contributed by atoms with Gasteiger partial charge in [0.15, 0.2) is 0 Å². The number of imidazole rings is 1. The molecular weight excluding hydrogens is 298 g/mol. The summed E-state index contributed by atoms with van der Waals surface area (Å²) in [7, 11) is 0. The van der Waals surface area contributed by atoms with E-state index in [2.05, 4.69) is 20.3 Å². The Bertz CT molecular complexity index is 790. The number of halogens is 1. The van der Waals surface area contributed by atoms with Gasteiger partial charge in [-0.25, -0.2) is 4.98 Å². The van der Waals surface area contributed by atoms with Crippen molar-refractivity contribution in [1.29, 1.82) is 0 Å². The average Bonchev–Trinajstić information content (AvgIpc) is 3.17. The Kier molecular flexibility index (Phi) is 3.52. The Morgan fingerprint density at radius 3 is 2.91 bits per heavy atom. The second-order valence-electron chi connectivity index (χ2n) is 5.67. The molecule has 1 aliphatic heterocycles. The standard InChI is InChI=1S/C16H16ClN5/c17-12-1-2-16-21-9-15(22(16)10-12)14-8-19-13(7-20-14)5-11-3-4-18-6-11/h1-2,7-11,18H,3-6H2. The summed E-state index contributed by atoms with van der Waals surface area (Å²) in [5.74, 6) is 0.676. The van der Waals surface area contributed by atoms with Crippen LogP contribution in [0.4, 0.5) is 0 Å². The lowest BCUT2D eigenvalue weighted by Gasteiger charge is -2.07. The first-order valence-electron chi connectivity index (χ1n) is 7.44. The van der Waals surface area contributed by atoms with Crippen LogP contribution in [-0.2, 0) is 6.42 Å². The molecule has 22 heavy (non-hydrogen) atoms. The molecule has 0 aromatic carbocycles. The Labute approximate surface area is 133 Å². The third-order valence-electron chi connectivity index (χ3n) is 4.10. The summed E-state index contributed by atoms with van der Waals surface area (Å²) in [6.45, 7) is 2.19. The van der Waals surface area contributed by atoms with E-state index in [1.54, 1.807) is 6.20 Å². The van der Waals surface area contributed by atoms with Crippen molar-refractivity contribution < 1.29 is 0 Å². The van der Waals surface area contributed by atoms with E-state index in [1.165, 1.54) is 6.42 Å². The van der Waals surface area contributed by atoms with Gasteiger partial charge in [-0.15, -0.1) is 0 Å². The van der Waals surface area contributed by atoms with E-state index >= 15 is 0 Å². The van der Waals surface area contributed by atoms with Crippen LogP contribution in [0.15, 0.2) is 36.9 Å². The fourth-order valence-corrected chi connectivity index (χ4v) is 3.08. The van der Waals surface area contributed by atoms with Gasteiger partial charge in [0.2, 0.25) is 0 Å². The zero-order valence-corrected chi connectivity index (χ0v) is 12.8. The monoisotopic (exact) mass is 313 g/mol. The zero-order chi connectivity index (χ0) is 14.9. The summed E-state index contributed by atoms with van der Waals surface area (Å²) in [5, 5.41) is 4.05. The van der Waals surface area contributed by atoms with Gasteiger partial charge in [-0.05, 0) is 44.0 Å². The van der Waals surface area contributed by atoms with Crippen molar-refractivity contribution in [3.63, 3.8) is 0 Å². The van der Waals surface area contributed by atoms with Crippen LogP contribution in [0.3, 0.4) is 0 Å². The lowest BCUT2D eigenvalue weighted by Crippen LogP contribution is -2.11. The first-order chi connectivity index (χ1) is 10.8. The molecule has 1 saturated heterocycles. The van der Waals surface area contributed by atoms with E-state index in [1.807, 2.05) is 35.1 Å². The number of fused-ring (bicyclic) bond motifs is 1. The van der Waals surface area contributed by atoms with Gasteiger partial charge in [0.25, 0.3) is 0 Å². The minimum absolute atomic E-state index is 0.671. The normalized spacial score (nSPS) is 18.1. The predicted octanol–water partition coefficient (Wildman–Crippen LogP) is 2.60. The van der Waals surface area contributed by atoms with Crippen molar-refractivity contribution in [2.24, 2.45) is 5.92 Å². The van der Waals surface area contributed by atoms with Gasteiger partial charge in [-0.3, -0.25) is 14.4 Å². The molecule has 4 heterocycles. The van der Waals surface area contributed by atoms with Crippen molar-refractivity contribution in [2.45, 2.75) is 12.8 Å². The largest absolute Gasteiger partial charge is 0.316 e. The molecule has 1 unspecified atom stereocenters. The highest BCUT2D eigenvalue weighted by molar-refractivity contribution is 6.30. The summed E-state index contributed by atoms with van der Waals surface area (Å²) >= 11 is 6.06. The third kappa shape index (κ3) is 2.58. The molecule has 6 heteroatoms. The summed E-state index contributed by atoms with van der Waals surface area (Å²) in [4.78, 5) is 13.5. The molecule has 4 rings (SSSR count). The number of nitrogens with one attached hydrogen (secondary N) is 1. The van der Waals surface area contributed by atoms with Gasteiger partial charge in [-0.1, -0.05) is 11.6 Å². The zero-order valence-electron chi connectivity index (χ0n) is 12.0. The number of rotatable bonds is 3. The molecule has 0 bridgehead atoms. The summed E-state index contributed by atoms with van der Waals surface area (Å²) in [6.07, 6.45) is 9.55. The summed E-state index contributed by atoms with van der Waals surface area (Å²) in [6, 6.07) is 3.72. The van der Waals surface area contributed by atoms with E-state index in [0.29, 0.717) is 10.9 Å². The molecule has 1 fully saturated rings. The Morgan fingerprint density at radius 1 is 1.18 bits per heavy atom. The van der Waals surface area contributed by atoms with E-state index in [-0.39, 0.29) is 0 Å². The van der Waals surface area contributed by atoms with Crippen molar-refractivity contribution in [1.82, 2.24) is 24.7 Å². The summed E-state index contributed by atoms with van der Waals surface area (Å²) < 4.78 is 1.94. The maximum atomic E-state index is 6.06. The van der Waals surface area contributed by atoms with Crippen molar-refractivity contribution in [3.05, 3.63) is 47.6 Å². The van der Waals surface area contributed by atoms with Crippen molar-refractivity contribution in [2.75, 3.05) is 13.1 Å². The van der Waals surface area contributed by atoms with Gasteiger partial charge in [0.1, 0.15) is 11.3 Å². The molecule has 3 aromatic heterocycles. The number of aromatic nitrogens is 4. The van der Waals surface area contributed by atoms with Crippen molar-refractivity contribution in [3.8, 4) is 11.4 Å². The molecule has 112 valence electrons. The Balaban J connectivity index is 1.62. The van der Waals surface area contributed by atoms with E-state index in [0.717, 1.165) is 42.2 Å². The molecule has 0 radical (unpaired) electrons. The molecule has 1 N–H and O–H groups in total. The Morgan fingerprint density at radius 2 is 2.14 bits per heavy atom. The first kappa shape index (κ1) is 13.7. The quantitative estimate of drug-likeness (QED) is 0.807. The van der Waals surface area contributed by atoms with Crippen LogP contribution in [0.2, 0.25) is 5.02 Å². The number of pyridine rings is 1. The van der Waals surface area contributed by atoms with Crippen LogP contribution in [0.1, 0.15) is 12.1 Å². The average molecular weight is 314 g/mol. The highest BCUT2D eigenvalue weighted by atomic mass is 35.5. The summed E-state index contributed by atoms with van der Waals surface area (Å²) in [5.41, 5.74) is 3.61. The predicted molar refractivity (Wildman–Crippen MR) is 85.9 cm³/mol. The minimum atomic E-state index is 0.671. The van der Waals surface area contributed by atoms with Gasteiger partial charge in [0, 0.05) is 12.4 Å². The SMILES string of the molecule is Clc1ccc2ncc(-c3cnc(CC4CCNC4)cn3)n2c1. The lowest BCUT2D eigenvalue weighted by molar-refractivity contribution is 0.570. The van der Waals surface area contributed by atoms with E-state index in [9.17, 15) is 0 Å². The molecule has 3 aromatic rings. The molecule has 0 aliphatic carbocycles.